The van der Waals surface area contributed by atoms with Crippen LogP contribution in [0.2, 0.25) is 0 Å². The molecule has 0 amide bonds. The van der Waals surface area contributed by atoms with Gasteiger partial charge in [0.1, 0.15) is 11.3 Å². The Bertz CT molecular complexity index is 844. The molecule has 2 heterocycles. The van der Waals surface area contributed by atoms with Gasteiger partial charge in [-0.15, -0.1) is 0 Å². The zero-order valence-corrected chi connectivity index (χ0v) is 14.6. The molecule has 1 aliphatic carbocycles. The van der Waals surface area contributed by atoms with E-state index in [-0.39, 0.29) is 6.10 Å². The number of aromatic nitrogens is 4. The number of hydrogen-bond donors (Lipinski definition) is 3. The van der Waals surface area contributed by atoms with E-state index >= 15 is 0 Å². The van der Waals surface area contributed by atoms with Crippen LogP contribution < -0.4 is 10.1 Å². The van der Waals surface area contributed by atoms with Crippen molar-refractivity contribution in [1.29, 1.82) is 0 Å². The Balaban J connectivity index is 1.46. The van der Waals surface area contributed by atoms with Crippen LogP contribution in [0.4, 0.5) is 5.95 Å². The predicted octanol–water partition coefficient (Wildman–Crippen LogP) is 2.69. The molecule has 3 aromatic rings. The molecule has 0 unspecified atom stereocenters. The summed E-state index contributed by atoms with van der Waals surface area (Å²) in [5, 5.41) is 20.7. The van der Waals surface area contributed by atoms with Gasteiger partial charge in [0.05, 0.1) is 18.9 Å². The number of rotatable bonds is 6. The molecule has 136 valence electrons. The molecule has 7 heteroatoms. The molecule has 1 aliphatic rings. The maximum Gasteiger partial charge on any atom is 0.223 e. The highest BCUT2D eigenvalue weighted by atomic mass is 16.5. The quantitative estimate of drug-likeness (QED) is 0.630. The van der Waals surface area contributed by atoms with Crippen molar-refractivity contribution in [2.45, 2.75) is 44.2 Å². The number of aromatic amines is 1. The van der Waals surface area contributed by atoms with Crippen LogP contribution in [0.5, 0.6) is 5.75 Å². The van der Waals surface area contributed by atoms with E-state index in [1.165, 1.54) is 0 Å². The van der Waals surface area contributed by atoms with Crippen LogP contribution in [0.15, 0.2) is 36.8 Å². The lowest BCUT2D eigenvalue weighted by molar-refractivity contribution is 0.126. The number of anilines is 1. The van der Waals surface area contributed by atoms with E-state index in [2.05, 4.69) is 25.5 Å². The first-order valence-electron chi connectivity index (χ1n) is 9.09. The van der Waals surface area contributed by atoms with Gasteiger partial charge in [0.25, 0.3) is 0 Å². The lowest BCUT2D eigenvalue weighted by Crippen LogP contribution is -2.28. The SMILES string of the molecule is O[C@H]1CC[C@H](Nc2ncc3cccc(OCCc4cn[nH]c4)c3n2)CC1. The highest BCUT2D eigenvalue weighted by molar-refractivity contribution is 5.84. The predicted molar refractivity (Wildman–Crippen MR) is 99.2 cm³/mol. The molecule has 2 aromatic heterocycles. The van der Waals surface area contributed by atoms with E-state index in [0.29, 0.717) is 18.6 Å². The molecular weight excluding hydrogens is 330 g/mol. The van der Waals surface area contributed by atoms with Crippen molar-refractivity contribution >= 4 is 16.9 Å². The Morgan fingerprint density at radius 1 is 1.19 bits per heavy atom. The number of aliphatic hydroxyl groups is 1. The standard InChI is InChI=1S/C19H23N5O2/c25-16-6-4-15(5-7-16)23-19-20-12-14-2-1-3-17(18(14)24-19)26-9-8-13-10-21-22-11-13/h1-3,10-12,15-16,25H,4-9H2,(H,21,22)(H,20,23,24)/t15-,16-. The first kappa shape index (κ1) is 16.8. The topological polar surface area (TPSA) is 96.0 Å². The molecule has 1 fully saturated rings. The van der Waals surface area contributed by atoms with Crippen molar-refractivity contribution in [3.8, 4) is 5.75 Å². The fourth-order valence-corrected chi connectivity index (χ4v) is 3.31. The zero-order valence-electron chi connectivity index (χ0n) is 14.6. The third kappa shape index (κ3) is 3.94. The number of H-pyrrole nitrogens is 1. The van der Waals surface area contributed by atoms with E-state index in [1.54, 1.807) is 6.20 Å². The summed E-state index contributed by atoms with van der Waals surface area (Å²) in [5.41, 5.74) is 1.93. The summed E-state index contributed by atoms with van der Waals surface area (Å²) in [7, 11) is 0. The third-order valence-corrected chi connectivity index (χ3v) is 4.81. The monoisotopic (exact) mass is 353 g/mol. The summed E-state index contributed by atoms with van der Waals surface area (Å²) in [6, 6.07) is 6.18. The van der Waals surface area contributed by atoms with Gasteiger partial charge in [-0.3, -0.25) is 5.10 Å². The van der Waals surface area contributed by atoms with Crippen molar-refractivity contribution in [3.63, 3.8) is 0 Å². The summed E-state index contributed by atoms with van der Waals surface area (Å²) in [5.74, 6) is 1.38. The van der Waals surface area contributed by atoms with Gasteiger partial charge in [0.2, 0.25) is 5.95 Å². The Morgan fingerprint density at radius 3 is 2.88 bits per heavy atom. The maximum atomic E-state index is 9.64. The second-order valence-electron chi connectivity index (χ2n) is 6.74. The van der Waals surface area contributed by atoms with E-state index in [4.69, 9.17) is 4.74 Å². The minimum Gasteiger partial charge on any atom is -0.491 e. The first-order valence-corrected chi connectivity index (χ1v) is 9.09. The van der Waals surface area contributed by atoms with Gasteiger partial charge in [0.15, 0.2) is 0 Å². The number of para-hydroxylation sites is 1. The summed E-state index contributed by atoms with van der Waals surface area (Å²) < 4.78 is 5.96. The third-order valence-electron chi connectivity index (χ3n) is 4.81. The molecule has 4 rings (SSSR count). The summed E-state index contributed by atoms with van der Waals surface area (Å²) in [4.78, 5) is 9.11. The van der Waals surface area contributed by atoms with Crippen molar-refractivity contribution < 1.29 is 9.84 Å². The normalized spacial score (nSPS) is 20.2. The Hall–Kier alpha value is -2.67. The zero-order chi connectivity index (χ0) is 17.8. The second kappa shape index (κ2) is 7.70. The van der Waals surface area contributed by atoms with Crippen LogP contribution in [0.3, 0.4) is 0 Å². The maximum absolute atomic E-state index is 9.64. The Kier molecular flexibility index (Phi) is 4.97. The lowest BCUT2D eigenvalue weighted by Gasteiger charge is -2.26. The number of ether oxygens (including phenoxy) is 1. The van der Waals surface area contributed by atoms with Crippen LogP contribution in [-0.2, 0) is 6.42 Å². The first-order chi connectivity index (χ1) is 12.8. The minimum absolute atomic E-state index is 0.166. The minimum atomic E-state index is -0.166. The lowest BCUT2D eigenvalue weighted by atomic mass is 9.93. The van der Waals surface area contributed by atoms with Crippen LogP contribution >= 0.6 is 0 Å². The number of nitrogens with zero attached hydrogens (tertiary/aromatic N) is 3. The molecule has 0 radical (unpaired) electrons. The van der Waals surface area contributed by atoms with Gasteiger partial charge in [-0.2, -0.15) is 5.10 Å². The van der Waals surface area contributed by atoms with Gasteiger partial charge < -0.3 is 15.2 Å². The average Bonchev–Trinajstić information content (AvgIpc) is 3.17. The molecule has 0 atom stereocenters. The number of aliphatic hydroxyl groups excluding tert-OH is 1. The van der Waals surface area contributed by atoms with Crippen molar-refractivity contribution in [2.75, 3.05) is 11.9 Å². The fraction of sp³-hybridized carbons (Fsp3) is 0.421. The van der Waals surface area contributed by atoms with Crippen LogP contribution in [0.25, 0.3) is 10.9 Å². The van der Waals surface area contributed by atoms with Crippen molar-refractivity contribution in [3.05, 3.63) is 42.4 Å². The van der Waals surface area contributed by atoms with Gasteiger partial charge >= 0.3 is 0 Å². The highest BCUT2D eigenvalue weighted by Gasteiger charge is 2.20. The van der Waals surface area contributed by atoms with E-state index in [1.807, 2.05) is 30.6 Å². The molecule has 0 aliphatic heterocycles. The van der Waals surface area contributed by atoms with Gasteiger partial charge in [-0.25, -0.2) is 9.97 Å². The van der Waals surface area contributed by atoms with Crippen molar-refractivity contribution in [2.24, 2.45) is 0 Å². The summed E-state index contributed by atoms with van der Waals surface area (Å²) in [6.45, 7) is 0.561. The Labute approximate surface area is 151 Å². The van der Waals surface area contributed by atoms with E-state index in [0.717, 1.165) is 54.3 Å². The van der Waals surface area contributed by atoms with Crippen LogP contribution in [0, 0.1) is 0 Å². The average molecular weight is 353 g/mol. The van der Waals surface area contributed by atoms with E-state index in [9.17, 15) is 5.11 Å². The summed E-state index contributed by atoms with van der Waals surface area (Å²) in [6.07, 6.45) is 9.65. The van der Waals surface area contributed by atoms with Gasteiger partial charge in [-0.1, -0.05) is 12.1 Å². The molecule has 26 heavy (non-hydrogen) atoms. The molecular formula is C19H23N5O2. The van der Waals surface area contributed by atoms with E-state index < -0.39 is 0 Å². The molecule has 0 spiro atoms. The van der Waals surface area contributed by atoms with Gasteiger partial charge in [-0.05, 0) is 37.3 Å². The number of nitrogens with one attached hydrogen (secondary N) is 2. The van der Waals surface area contributed by atoms with Crippen LogP contribution in [-0.4, -0.2) is 44.0 Å². The molecule has 0 bridgehead atoms. The number of fused-ring (bicyclic) bond motifs is 1. The Morgan fingerprint density at radius 2 is 2.08 bits per heavy atom. The number of benzene rings is 1. The molecule has 1 saturated carbocycles. The second-order valence-corrected chi connectivity index (χ2v) is 6.74. The van der Waals surface area contributed by atoms with Crippen molar-refractivity contribution in [1.82, 2.24) is 20.2 Å². The molecule has 7 nitrogen and oxygen atoms in total. The van der Waals surface area contributed by atoms with Crippen LogP contribution in [0.1, 0.15) is 31.2 Å². The number of hydrogen-bond acceptors (Lipinski definition) is 6. The van der Waals surface area contributed by atoms with Gasteiger partial charge in [0, 0.05) is 30.2 Å². The smallest absolute Gasteiger partial charge is 0.223 e. The molecule has 3 N–H and O–H groups in total. The fourth-order valence-electron chi connectivity index (χ4n) is 3.31. The highest BCUT2D eigenvalue weighted by Crippen LogP contribution is 2.26. The molecule has 1 aromatic carbocycles. The summed E-state index contributed by atoms with van der Waals surface area (Å²) >= 11 is 0. The molecule has 0 saturated heterocycles. The largest absolute Gasteiger partial charge is 0.491 e.